The summed E-state index contributed by atoms with van der Waals surface area (Å²) in [5, 5.41) is 19.7. The van der Waals surface area contributed by atoms with Crippen LogP contribution in [-0.4, -0.2) is 68.0 Å². The molecule has 0 aromatic carbocycles. The molecule has 2 amide bonds. The van der Waals surface area contributed by atoms with Gasteiger partial charge in [-0.1, -0.05) is 13.8 Å². The molecule has 4 rings (SSSR count). The number of ether oxygens (including phenoxy) is 1. The zero-order valence-corrected chi connectivity index (χ0v) is 22.2. The molecule has 37 heavy (non-hydrogen) atoms. The second kappa shape index (κ2) is 12.7. The second-order valence-electron chi connectivity index (χ2n) is 9.99. The fraction of sp³-hybridized carbons (Fsp3) is 0.615. The van der Waals surface area contributed by atoms with Crippen LogP contribution in [0, 0.1) is 5.82 Å². The highest BCUT2D eigenvalue weighted by Crippen LogP contribution is 2.26. The maximum Gasteiger partial charge on any atom is 0.272 e. The lowest BCUT2D eigenvalue weighted by Crippen LogP contribution is -2.44. The van der Waals surface area contributed by atoms with E-state index in [0.717, 1.165) is 36.2 Å². The number of carbonyl (C=O) groups excluding carboxylic acids is 2. The zero-order valence-electron chi connectivity index (χ0n) is 21.4. The van der Waals surface area contributed by atoms with E-state index >= 15 is 0 Å². The smallest absolute Gasteiger partial charge is 0.272 e. The Labute approximate surface area is 220 Å². The molecule has 0 unspecified atom stereocenters. The Bertz CT molecular complexity index is 1080. The number of hydrogen-bond donors (Lipinski definition) is 3. The van der Waals surface area contributed by atoms with Gasteiger partial charge in [0.05, 0.1) is 19.3 Å². The fourth-order valence-electron chi connectivity index (χ4n) is 4.82. The minimum atomic E-state index is -0.579. The SMILES string of the molecule is CC(C)c1cc(C(=O)N[C@H]2CC[C@@H](NC(=O)c3cc(F)cnc3OC3CCSCC3)CC2)nn1CCO. The zero-order chi connectivity index (χ0) is 26.4. The maximum atomic E-state index is 13.9. The van der Waals surface area contributed by atoms with E-state index in [-0.39, 0.29) is 48.1 Å². The highest BCUT2D eigenvalue weighted by atomic mass is 32.2. The Kier molecular flexibility index (Phi) is 9.42. The van der Waals surface area contributed by atoms with E-state index in [0.29, 0.717) is 37.9 Å². The normalized spacial score (nSPS) is 20.6. The number of aliphatic hydroxyl groups excluding tert-OH is 1. The van der Waals surface area contributed by atoms with E-state index in [1.54, 1.807) is 10.7 Å². The lowest BCUT2D eigenvalue weighted by atomic mass is 9.91. The van der Waals surface area contributed by atoms with Gasteiger partial charge in [-0.15, -0.1) is 0 Å². The van der Waals surface area contributed by atoms with E-state index in [2.05, 4.69) is 20.7 Å². The molecule has 2 aliphatic rings. The molecular formula is C26H36FN5O4S. The molecule has 0 atom stereocenters. The van der Waals surface area contributed by atoms with Gasteiger partial charge in [0.25, 0.3) is 11.8 Å². The minimum Gasteiger partial charge on any atom is -0.474 e. The summed E-state index contributed by atoms with van der Waals surface area (Å²) < 4.78 is 21.6. The Morgan fingerprint density at radius 1 is 1.11 bits per heavy atom. The third-order valence-corrected chi connectivity index (χ3v) is 7.90. The third-order valence-electron chi connectivity index (χ3n) is 6.85. The van der Waals surface area contributed by atoms with Crippen molar-refractivity contribution in [1.82, 2.24) is 25.4 Å². The molecule has 11 heteroatoms. The molecule has 0 radical (unpaired) electrons. The van der Waals surface area contributed by atoms with Crippen molar-refractivity contribution in [3.05, 3.63) is 41.1 Å². The molecule has 3 heterocycles. The third kappa shape index (κ3) is 7.22. The molecule has 2 aromatic heterocycles. The van der Waals surface area contributed by atoms with Gasteiger partial charge in [0.1, 0.15) is 23.2 Å². The Morgan fingerprint density at radius 2 is 1.76 bits per heavy atom. The molecular weight excluding hydrogens is 497 g/mol. The summed E-state index contributed by atoms with van der Waals surface area (Å²) in [5.41, 5.74) is 1.37. The van der Waals surface area contributed by atoms with E-state index in [1.807, 2.05) is 25.6 Å². The van der Waals surface area contributed by atoms with Gasteiger partial charge in [-0.3, -0.25) is 14.3 Å². The van der Waals surface area contributed by atoms with E-state index in [9.17, 15) is 19.1 Å². The van der Waals surface area contributed by atoms with Gasteiger partial charge >= 0.3 is 0 Å². The summed E-state index contributed by atoms with van der Waals surface area (Å²) in [6, 6.07) is 2.85. The number of amides is 2. The molecule has 9 nitrogen and oxygen atoms in total. The molecule has 1 saturated heterocycles. The van der Waals surface area contributed by atoms with Gasteiger partial charge < -0.3 is 20.5 Å². The number of carbonyl (C=O) groups is 2. The summed E-state index contributed by atoms with van der Waals surface area (Å²) in [4.78, 5) is 29.9. The molecule has 202 valence electrons. The largest absolute Gasteiger partial charge is 0.474 e. The minimum absolute atomic E-state index is 0.0172. The molecule has 2 fully saturated rings. The molecule has 0 bridgehead atoms. The highest BCUT2D eigenvalue weighted by molar-refractivity contribution is 7.99. The van der Waals surface area contributed by atoms with E-state index < -0.39 is 11.7 Å². The molecule has 3 N–H and O–H groups in total. The van der Waals surface area contributed by atoms with Gasteiger partial charge in [0, 0.05) is 17.8 Å². The Hall–Kier alpha value is -2.66. The van der Waals surface area contributed by atoms with Gasteiger partial charge in [0.2, 0.25) is 5.88 Å². The van der Waals surface area contributed by atoms with Gasteiger partial charge in [-0.25, -0.2) is 9.37 Å². The summed E-state index contributed by atoms with van der Waals surface area (Å²) in [6.07, 6.45) is 5.59. The van der Waals surface area contributed by atoms with Crippen LogP contribution in [-0.2, 0) is 6.54 Å². The van der Waals surface area contributed by atoms with Crippen LogP contribution >= 0.6 is 11.8 Å². The number of hydrogen-bond acceptors (Lipinski definition) is 7. The van der Waals surface area contributed by atoms with Crippen molar-refractivity contribution in [1.29, 1.82) is 0 Å². The van der Waals surface area contributed by atoms with Crippen molar-refractivity contribution in [3.63, 3.8) is 0 Å². The lowest BCUT2D eigenvalue weighted by Gasteiger charge is -2.29. The van der Waals surface area contributed by atoms with Crippen LogP contribution in [0.5, 0.6) is 5.88 Å². The van der Waals surface area contributed by atoms with Crippen molar-refractivity contribution in [2.45, 2.75) is 83.0 Å². The molecule has 1 aliphatic heterocycles. The van der Waals surface area contributed by atoms with Crippen LogP contribution in [0.1, 0.15) is 84.8 Å². The van der Waals surface area contributed by atoms with E-state index in [1.165, 1.54) is 6.07 Å². The van der Waals surface area contributed by atoms with Gasteiger partial charge in [0.15, 0.2) is 0 Å². The van der Waals surface area contributed by atoms with Crippen molar-refractivity contribution >= 4 is 23.6 Å². The predicted octanol–water partition coefficient (Wildman–Crippen LogP) is 3.28. The number of halogens is 1. The van der Waals surface area contributed by atoms with Crippen LogP contribution < -0.4 is 15.4 Å². The highest BCUT2D eigenvalue weighted by Gasteiger charge is 2.27. The topological polar surface area (TPSA) is 118 Å². The fourth-order valence-corrected chi connectivity index (χ4v) is 5.88. The molecule has 1 aliphatic carbocycles. The summed E-state index contributed by atoms with van der Waals surface area (Å²) >= 11 is 1.87. The molecule has 0 spiro atoms. The quantitative estimate of drug-likeness (QED) is 0.453. The summed E-state index contributed by atoms with van der Waals surface area (Å²) in [5.74, 6) is 1.15. The number of aromatic nitrogens is 3. The lowest BCUT2D eigenvalue weighted by molar-refractivity contribution is 0.0883. The first kappa shape index (κ1) is 27.4. The average molecular weight is 534 g/mol. The summed E-state index contributed by atoms with van der Waals surface area (Å²) in [6.45, 7) is 4.34. The maximum absolute atomic E-state index is 13.9. The number of pyridine rings is 1. The predicted molar refractivity (Wildman–Crippen MR) is 140 cm³/mol. The van der Waals surface area contributed by atoms with Crippen molar-refractivity contribution in [2.75, 3.05) is 18.1 Å². The number of aliphatic hydroxyl groups is 1. The Morgan fingerprint density at radius 3 is 2.38 bits per heavy atom. The van der Waals surface area contributed by atoms with Crippen LogP contribution in [0.2, 0.25) is 0 Å². The van der Waals surface area contributed by atoms with Crippen molar-refractivity contribution in [2.24, 2.45) is 0 Å². The average Bonchev–Trinajstić information content (AvgIpc) is 3.32. The van der Waals surface area contributed by atoms with Crippen LogP contribution in [0.25, 0.3) is 0 Å². The first-order chi connectivity index (χ1) is 17.8. The van der Waals surface area contributed by atoms with Gasteiger partial charge in [-0.2, -0.15) is 16.9 Å². The molecule has 2 aromatic rings. The Balaban J connectivity index is 1.30. The number of nitrogens with zero attached hydrogens (tertiary/aromatic N) is 3. The van der Waals surface area contributed by atoms with Crippen LogP contribution in [0.4, 0.5) is 4.39 Å². The number of thioether (sulfide) groups is 1. The number of nitrogens with one attached hydrogen (secondary N) is 2. The van der Waals surface area contributed by atoms with Crippen molar-refractivity contribution in [3.8, 4) is 5.88 Å². The first-order valence-corrected chi connectivity index (χ1v) is 14.2. The van der Waals surface area contributed by atoms with E-state index in [4.69, 9.17) is 4.74 Å². The second-order valence-corrected chi connectivity index (χ2v) is 11.2. The van der Waals surface area contributed by atoms with Crippen LogP contribution in [0.15, 0.2) is 18.3 Å². The monoisotopic (exact) mass is 533 g/mol. The van der Waals surface area contributed by atoms with Crippen LogP contribution in [0.3, 0.4) is 0 Å². The summed E-state index contributed by atoms with van der Waals surface area (Å²) in [7, 11) is 0. The standard InChI is InChI=1S/C26H36FN5O4S/c1-16(2)23-14-22(31-32(23)9-10-33)25(35)30-19-5-3-18(4-6-19)29-24(34)21-13-17(27)15-28-26(21)36-20-7-11-37-12-8-20/h13-16,18-20,33H,3-12H2,1-2H3,(H,29,34)(H,30,35)/t18-,19+. The van der Waals surface area contributed by atoms with Crippen molar-refractivity contribution < 1.29 is 23.8 Å². The first-order valence-electron chi connectivity index (χ1n) is 13.0. The number of rotatable bonds is 9. The molecule has 1 saturated carbocycles. The van der Waals surface area contributed by atoms with Gasteiger partial charge in [-0.05, 0) is 68.1 Å².